The molecule has 1 aliphatic rings. The predicted octanol–water partition coefficient (Wildman–Crippen LogP) is 3.55. The van der Waals surface area contributed by atoms with Crippen LogP contribution in [0.4, 0.5) is 0 Å². The Kier molecular flexibility index (Phi) is 5.40. The van der Waals surface area contributed by atoms with Crippen molar-refractivity contribution >= 4 is 46.5 Å². The topological polar surface area (TPSA) is 87.3 Å². The first kappa shape index (κ1) is 18.2. The van der Waals surface area contributed by atoms with Crippen molar-refractivity contribution in [2.75, 3.05) is 6.61 Å². The molecule has 0 saturated heterocycles. The molecule has 2 aromatic rings. The van der Waals surface area contributed by atoms with Crippen LogP contribution in [0, 0.1) is 3.57 Å². The fourth-order valence-corrected chi connectivity index (χ4v) is 2.99. The molecule has 7 nitrogen and oxygen atoms in total. The third-order valence-corrected chi connectivity index (χ3v) is 4.03. The minimum Gasteiger partial charge on any atom is -0.490 e. The molecule has 0 bridgehead atoms. The summed E-state index contributed by atoms with van der Waals surface area (Å²) in [7, 11) is 0. The second-order valence-corrected chi connectivity index (χ2v) is 6.33. The van der Waals surface area contributed by atoms with Crippen molar-refractivity contribution in [2.24, 2.45) is 4.99 Å². The number of esters is 2. The highest BCUT2D eigenvalue weighted by Gasteiger charge is 2.26. The van der Waals surface area contributed by atoms with Crippen LogP contribution in [0.5, 0.6) is 11.5 Å². The standard InChI is InChI=1S/C18H14INO6/c1-3-23-15-9-11(7-12(19)16(15)25-10(2)21)8-13-18(22)26-17(20-13)14-5-4-6-24-14/h4-9H,3H2,1-2H3/b13-8-. The lowest BCUT2D eigenvalue weighted by atomic mass is 10.1. The van der Waals surface area contributed by atoms with Gasteiger partial charge in [0.2, 0.25) is 0 Å². The van der Waals surface area contributed by atoms with Crippen LogP contribution < -0.4 is 9.47 Å². The number of carbonyl (C=O) groups excluding carboxylic acids is 2. The third-order valence-electron chi connectivity index (χ3n) is 3.23. The second kappa shape index (κ2) is 7.73. The molecule has 1 aromatic carbocycles. The van der Waals surface area contributed by atoms with Crippen LogP contribution in [-0.4, -0.2) is 24.4 Å². The van der Waals surface area contributed by atoms with E-state index in [1.54, 1.807) is 30.3 Å². The summed E-state index contributed by atoms with van der Waals surface area (Å²) >= 11 is 2.04. The fourth-order valence-electron chi connectivity index (χ4n) is 2.25. The molecular formula is C18H14INO6. The average molecular weight is 467 g/mol. The minimum atomic E-state index is -0.576. The van der Waals surface area contributed by atoms with E-state index in [2.05, 4.69) is 4.99 Å². The van der Waals surface area contributed by atoms with Gasteiger partial charge < -0.3 is 18.6 Å². The Balaban J connectivity index is 1.97. The molecule has 0 unspecified atom stereocenters. The number of hydrogen-bond acceptors (Lipinski definition) is 7. The lowest BCUT2D eigenvalue weighted by molar-refractivity contribution is -0.132. The summed E-state index contributed by atoms with van der Waals surface area (Å²) in [4.78, 5) is 27.5. The van der Waals surface area contributed by atoms with Crippen LogP contribution in [0.1, 0.15) is 25.2 Å². The maximum Gasteiger partial charge on any atom is 0.363 e. The summed E-state index contributed by atoms with van der Waals surface area (Å²) in [6.45, 7) is 3.54. The average Bonchev–Trinajstić information content (AvgIpc) is 3.21. The Labute approximate surface area is 162 Å². The van der Waals surface area contributed by atoms with Gasteiger partial charge in [-0.15, -0.1) is 0 Å². The summed E-state index contributed by atoms with van der Waals surface area (Å²) in [5, 5.41) is 0. The van der Waals surface area contributed by atoms with Gasteiger partial charge in [-0.3, -0.25) is 4.79 Å². The number of carbonyl (C=O) groups is 2. The van der Waals surface area contributed by atoms with Crippen LogP contribution in [0.25, 0.3) is 6.08 Å². The summed E-state index contributed by atoms with van der Waals surface area (Å²) in [5.41, 5.74) is 0.792. The smallest absolute Gasteiger partial charge is 0.363 e. The Morgan fingerprint density at radius 3 is 2.85 bits per heavy atom. The van der Waals surface area contributed by atoms with Crippen molar-refractivity contribution in [3.8, 4) is 11.5 Å². The van der Waals surface area contributed by atoms with E-state index in [-0.39, 0.29) is 11.6 Å². The first-order valence-electron chi connectivity index (χ1n) is 7.69. The van der Waals surface area contributed by atoms with Crippen molar-refractivity contribution in [1.82, 2.24) is 0 Å². The molecule has 0 amide bonds. The zero-order chi connectivity index (χ0) is 18.7. The van der Waals surface area contributed by atoms with E-state index in [1.807, 2.05) is 29.5 Å². The summed E-state index contributed by atoms with van der Waals surface area (Å²) in [5.74, 6) is 0.216. The van der Waals surface area contributed by atoms with Gasteiger partial charge in [0.1, 0.15) is 0 Å². The fraction of sp³-hybridized carbons (Fsp3) is 0.167. The largest absolute Gasteiger partial charge is 0.490 e. The maximum atomic E-state index is 12.0. The molecule has 0 radical (unpaired) electrons. The van der Waals surface area contributed by atoms with E-state index < -0.39 is 11.9 Å². The SMILES string of the molecule is CCOc1cc(/C=C2\N=C(c3ccco3)OC2=O)cc(I)c1OC(C)=O. The van der Waals surface area contributed by atoms with Crippen molar-refractivity contribution in [1.29, 1.82) is 0 Å². The number of rotatable bonds is 5. The molecule has 0 fully saturated rings. The number of nitrogens with zero attached hydrogens (tertiary/aromatic N) is 1. The van der Waals surface area contributed by atoms with Crippen LogP contribution in [-0.2, 0) is 14.3 Å². The van der Waals surface area contributed by atoms with Gasteiger partial charge in [0, 0.05) is 6.92 Å². The molecule has 2 heterocycles. The quantitative estimate of drug-likeness (QED) is 0.289. The molecule has 3 rings (SSSR count). The van der Waals surface area contributed by atoms with Crippen molar-refractivity contribution in [3.63, 3.8) is 0 Å². The number of halogens is 1. The zero-order valence-corrected chi connectivity index (χ0v) is 16.1. The van der Waals surface area contributed by atoms with Crippen molar-refractivity contribution in [3.05, 3.63) is 51.1 Å². The molecule has 134 valence electrons. The van der Waals surface area contributed by atoms with Crippen LogP contribution in [0.2, 0.25) is 0 Å². The lowest BCUT2D eigenvalue weighted by Gasteiger charge is -2.12. The predicted molar refractivity (Wildman–Crippen MR) is 101 cm³/mol. The first-order valence-corrected chi connectivity index (χ1v) is 8.77. The minimum absolute atomic E-state index is 0.113. The van der Waals surface area contributed by atoms with Crippen LogP contribution in [0.3, 0.4) is 0 Å². The molecular weight excluding hydrogens is 453 g/mol. The summed E-state index contributed by atoms with van der Waals surface area (Å²) < 4.78 is 21.7. The number of hydrogen-bond donors (Lipinski definition) is 0. The molecule has 0 atom stereocenters. The van der Waals surface area contributed by atoms with Gasteiger partial charge in [0.05, 0.1) is 16.4 Å². The van der Waals surface area contributed by atoms with Gasteiger partial charge in [-0.1, -0.05) is 0 Å². The lowest BCUT2D eigenvalue weighted by Crippen LogP contribution is -2.06. The highest BCUT2D eigenvalue weighted by molar-refractivity contribution is 14.1. The Bertz CT molecular complexity index is 914. The van der Waals surface area contributed by atoms with E-state index in [1.165, 1.54) is 13.2 Å². The van der Waals surface area contributed by atoms with Gasteiger partial charge in [0.25, 0.3) is 5.90 Å². The third kappa shape index (κ3) is 3.96. The molecule has 8 heteroatoms. The number of cyclic esters (lactones) is 1. The van der Waals surface area contributed by atoms with Crippen molar-refractivity contribution in [2.45, 2.75) is 13.8 Å². The summed E-state index contributed by atoms with van der Waals surface area (Å²) in [6.07, 6.45) is 3.04. The Hall–Kier alpha value is -2.62. The molecule has 0 spiro atoms. The molecule has 0 aliphatic carbocycles. The van der Waals surface area contributed by atoms with E-state index in [9.17, 15) is 9.59 Å². The second-order valence-electron chi connectivity index (χ2n) is 5.17. The highest BCUT2D eigenvalue weighted by atomic mass is 127. The van der Waals surface area contributed by atoms with E-state index in [0.717, 1.165) is 0 Å². The molecule has 0 N–H and O–H groups in total. The van der Waals surface area contributed by atoms with Gasteiger partial charge in [-0.2, -0.15) is 0 Å². The Morgan fingerprint density at radius 1 is 1.38 bits per heavy atom. The van der Waals surface area contributed by atoms with Gasteiger partial charge in [-0.05, 0) is 65.4 Å². The molecule has 1 aliphatic heterocycles. The van der Waals surface area contributed by atoms with Crippen LogP contribution >= 0.6 is 22.6 Å². The monoisotopic (exact) mass is 467 g/mol. The van der Waals surface area contributed by atoms with Gasteiger partial charge in [-0.25, -0.2) is 9.79 Å². The van der Waals surface area contributed by atoms with Gasteiger partial charge in [0.15, 0.2) is 23.0 Å². The first-order chi connectivity index (χ1) is 12.5. The number of benzene rings is 1. The zero-order valence-electron chi connectivity index (χ0n) is 13.9. The van der Waals surface area contributed by atoms with E-state index >= 15 is 0 Å². The van der Waals surface area contributed by atoms with Crippen molar-refractivity contribution < 1.29 is 28.2 Å². The molecule has 0 saturated carbocycles. The molecule has 1 aromatic heterocycles. The Morgan fingerprint density at radius 2 is 2.19 bits per heavy atom. The number of aliphatic imine (C=N–C) groups is 1. The normalized spacial score (nSPS) is 15.0. The highest BCUT2D eigenvalue weighted by Crippen LogP contribution is 2.35. The van der Waals surface area contributed by atoms with E-state index in [0.29, 0.717) is 33.0 Å². The summed E-state index contributed by atoms with van der Waals surface area (Å²) in [6, 6.07) is 6.75. The molecule has 26 heavy (non-hydrogen) atoms. The van der Waals surface area contributed by atoms with Crippen LogP contribution in [0.15, 0.2) is 45.6 Å². The number of furan rings is 1. The number of ether oxygens (including phenoxy) is 3. The van der Waals surface area contributed by atoms with Gasteiger partial charge >= 0.3 is 11.9 Å². The maximum absolute atomic E-state index is 12.0. The van der Waals surface area contributed by atoms with E-state index in [4.69, 9.17) is 18.6 Å².